The third kappa shape index (κ3) is 5.56. The molecule has 258 valence electrons. The number of nitrogens with zero attached hydrogens (tertiary/aromatic N) is 1. The molecule has 0 radical (unpaired) electrons. The van der Waals surface area contributed by atoms with Crippen LogP contribution in [0.1, 0.15) is 61.6 Å². The van der Waals surface area contributed by atoms with Gasteiger partial charge in [-0.15, -0.1) is 0 Å². The Kier molecular flexibility index (Phi) is 7.79. The molecule has 2 heteroatoms. The van der Waals surface area contributed by atoms with Crippen molar-refractivity contribution in [2.75, 3.05) is 4.90 Å². The third-order valence-corrected chi connectivity index (χ3v) is 12.0. The van der Waals surface area contributed by atoms with Gasteiger partial charge in [0.25, 0.3) is 0 Å². The molecule has 0 saturated heterocycles. The van der Waals surface area contributed by atoms with Crippen LogP contribution in [0.5, 0.6) is 0 Å². The minimum Gasteiger partial charge on any atom is -0.456 e. The van der Waals surface area contributed by atoms with Gasteiger partial charge in [-0.1, -0.05) is 147 Å². The molecule has 0 N–H and O–H groups in total. The number of rotatable bonds is 6. The largest absolute Gasteiger partial charge is 0.456 e. The molecular weight excluding hydrogens is 643 g/mol. The number of anilines is 2. The average Bonchev–Trinajstić information content (AvgIpc) is 3.59. The van der Waals surface area contributed by atoms with Crippen LogP contribution in [-0.2, 0) is 6.42 Å². The Morgan fingerprint density at radius 3 is 2.21 bits per heavy atom. The molecule has 1 unspecified atom stereocenters. The fourth-order valence-corrected chi connectivity index (χ4v) is 9.39. The van der Waals surface area contributed by atoms with Crippen molar-refractivity contribution in [2.24, 2.45) is 0 Å². The summed E-state index contributed by atoms with van der Waals surface area (Å²) in [7, 11) is 0. The molecule has 1 heterocycles. The number of furan rings is 1. The average molecular weight is 686 g/mol. The molecule has 1 atom stereocenters. The lowest BCUT2D eigenvalue weighted by atomic mass is 9.80. The fraction of sp³-hybridized carbons (Fsp3) is 0.176. The first kappa shape index (κ1) is 31.8. The highest BCUT2D eigenvalue weighted by atomic mass is 16.3. The molecule has 8 aromatic rings. The standard InChI is InChI=1S/C51H43NO/c1-51(32-31-35-13-5-6-16-40(35)34-51)52(41-28-25-36(26-29-41)39-27-30-49-46(33-39)44-20-8-10-24-48(44)53-49)47-23-9-7-19-43(47)45-22-12-18-38-17-11-21-42(50(38)45)37-14-3-2-4-15-37/h5-13,16-33,37H,2-4,14-15,34H2,1H3. The predicted molar refractivity (Wildman–Crippen MR) is 224 cm³/mol. The van der Waals surface area contributed by atoms with Crippen molar-refractivity contribution in [1.82, 2.24) is 0 Å². The molecule has 0 aliphatic heterocycles. The lowest BCUT2D eigenvalue weighted by Gasteiger charge is -2.44. The summed E-state index contributed by atoms with van der Waals surface area (Å²) in [5.41, 5.74) is 13.1. The lowest BCUT2D eigenvalue weighted by Crippen LogP contribution is -2.45. The Balaban J connectivity index is 1.13. The van der Waals surface area contributed by atoms with E-state index in [1.165, 1.54) is 93.2 Å². The minimum absolute atomic E-state index is 0.308. The summed E-state index contributed by atoms with van der Waals surface area (Å²) in [6, 6.07) is 55.9. The van der Waals surface area contributed by atoms with Gasteiger partial charge in [0.2, 0.25) is 0 Å². The number of hydrogen-bond acceptors (Lipinski definition) is 2. The summed E-state index contributed by atoms with van der Waals surface area (Å²) in [6.07, 6.45) is 12.2. The van der Waals surface area contributed by atoms with Gasteiger partial charge in [0.1, 0.15) is 11.2 Å². The third-order valence-electron chi connectivity index (χ3n) is 12.0. The lowest BCUT2D eigenvalue weighted by molar-refractivity contribution is 0.445. The van der Waals surface area contributed by atoms with Gasteiger partial charge >= 0.3 is 0 Å². The molecule has 0 bridgehead atoms. The molecule has 1 aromatic heterocycles. The van der Waals surface area contributed by atoms with Gasteiger partial charge in [0.15, 0.2) is 0 Å². The van der Waals surface area contributed by atoms with E-state index in [9.17, 15) is 0 Å². The topological polar surface area (TPSA) is 16.4 Å². The quantitative estimate of drug-likeness (QED) is 0.173. The maximum absolute atomic E-state index is 6.15. The summed E-state index contributed by atoms with van der Waals surface area (Å²) in [4.78, 5) is 2.60. The predicted octanol–water partition coefficient (Wildman–Crippen LogP) is 14.3. The van der Waals surface area contributed by atoms with Gasteiger partial charge in [0, 0.05) is 27.7 Å². The number of para-hydroxylation sites is 2. The maximum atomic E-state index is 6.15. The highest BCUT2D eigenvalue weighted by molar-refractivity contribution is 6.06. The molecule has 1 saturated carbocycles. The van der Waals surface area contributed by atoms with E-state index in [0.29, 0.717) is 5.92 Å². The van der Waals surface area contributed by atoms with E-state index in [1.807, 2.05) is 12.1 Å². The fourth-order valence-electron chi connectivity index (χ4n) is 9.39. The smallest absolute Gasteiger partial charge is 0.135 e. The van der Waals surface area contributed by atoms with Crippen LogP contribution in [-0.4, -0.2) is 5.54 Å². The van der Waals surface area contributed by atoms with Crippen molar-refractivity contribution in [2.45, 2.75) is 56.9 Å². The van der Waals surface area contributed by atoms with Crippen LogP contribution in [0, 0.1) is 0 Å². The first-order valence-electron chi connectivity index (χ1n) is 19.3. The Hall–Kier alpha value is -5.86. The van der Waals surface area contributed by atoms with Gasteiger partial charge in [0.05, 0.1) is 5.54 Å². The normalized spacial score (nSPS) is 17.4. The van der Waals surface area contributed by atoms with Crippen molar-refractivity contribution < 1.29 is 4.42 Å². The van der Waals surface area contributed by atoms with E-state index in [1.54, 1.807) is 0 Å². The van der Waals surface area contributed by atoms with E-state index < -0.39 is 0 Å². The van der Waals surface area contributed by atoms with Crippen molar-refractivity contribution in [3.8, 4) is 22.3 Å². The SMILES string of the molecule is CC1(N(c2ccc(-c3ccc4oc5ccccc5c4c3)cc2)c2ccccc2-c2cccc3cccc(C4CCCCC4)c23)C=Cc2ccccc2C1. The second-order valence-corrected chi connectivity index (χ2v) is 15.4. The highest BCUT2D eigenvalue weighted by Gasteiger charge is 2.35. The first-order chi connectivity index (χ1) is 26.1. The van der Waals surface area contributed by atoms with Crippen LogP contribution in [0.2, 0.25) is 0 Å². The zero-order valence-electron chi connectivity index (χ0n) is 30.3. The van der Waals surface area contributed by atoms with E-state index in [-0.39, 0.29) is 5.54 Å². The second-order valence-electron chi connectivity index (χ2n) is 15.4. The summed E-state index contributed by atoms with van der Waals surface area (Å²) < 4.78 is 6.15. The van der Waals surface area contributed by atoms with Crippen LogP contribution in [0.3, 0.4) is 0 Å². The molecule has 2 aliphatic carbocycles. The van der Waals surface area contributed by atoms with Crippen molar-refractivity contribution in [3.63, 3.8) is 0 Å². The highest BCUT2D eigenvalue weighted by Crippen LogP contribution is 2.47. The van der Waals surface area contributed by atoms with Crippen LogP contribution in [0.4, 0.5) is 11.4 Å². The molecule has 0 amide bonds. The zero-order chi connectivity index (χ0) is 35.4. The van der Waals surface area contributed by atoms with Gasteiger partial charge in [-0.3, -0.25) is 0 Å². The van der Waals surface area contributed by atoms with Gasteiger partial charge < -0.3 is 9.32 Å². The number of benzene rings is 7. The summed E-state index contributed by atoms with van der Waals surface area (Å²) in [5.74, 6) is 0.610. The summed E-state index contributed by atoms with van der Waals surface area (Å²) in [5, 5.41) is 5.05. The van der Waals surface area contributed by atoms with Crippen molar-refractivity contribution in [3.05, 3.63) is 174 Å². The first-order valence-corrected chi connectivity index (χ1v) is 19.3. The van der Waals surface area contributed by atoms with Gasteiger partial charge in [-0.05, 0) is 113 Å². The number of hydrogen-bond donors (Lipinski definition) is 0. The Morgan fingerprint density at radius 2 is 1.32 bits per heavy atom. The molecule has 2 nitrogen and oxygen atoms in total. The van der Waals surface area contributed by atoms with Crippen molar-refractivity contribution >= 4 is 50.2 Å². The molecule has 7 aromatic carbocycles. The van der Waals surface area contributed by atoms with Crippen LogP contribution < -0.4 is 4.90 Å². The Labute approximate surface area is 312 Å². The van der Waals surface area contributed by atoms with Gasteiger partial charge in [-0.2, -0.15) is 0 Å². The summed E-state index contributed by atoms with van der Waals surface area (Å²) in [6.45, 7) is 2.40. The Morgan fingerprint density at radius 1 is 0.604 bits per heavy atom. The molecule has 2 aliphatic rings. The van der Waals surface area contributed by atoms with Crippen molar-refractivity contribution in [1.29, 1.82) is 0 Å². The maximum Gasteiger partial charge on any atom is 0.135 e. The van der Waals surface area contributed by atoms with E-state index in [4.69, 9.17) is 4.42 Å². The minimum atomic E-state index is -0.308. The van der Waals surface area contributed by atoms with Crippen LogP contribution in [0.15, 0.2) is 162 Å². The van der Waals surface area contributed by atoms with E-state index >= 15 is 0 Å². The second kappa shape index (κ2) is 13.0. The van der Waals surface area contributed by atoms with Crippen LogP contribution in [0.25, 0.3) is 61.0 Å². The molecule has 1 fully saturated rings. The molecule has 0 spiro atoms. The zero-order valence-corrected chi connectivity index (χ0v) is 30.3. The Bertz CT molecular complexity index is 2650. The monoisotopic (exact) mass is 685 g/mol. The molecule has 53 heavy (non-hydrogen) atoms. The number of fused-ring (bicyclic) bond motifs is 5. The van der Waals surface area contributed by atoms with Crippen LogP contribution >= 0.6 is 0 Å². The van der Waals surface area contributed by atoms with Gasteiger partial charge in [-0.25, -0.2) is 0 Å². The molecule has 10 rings (SSSR count). The van der Waals surface area contributed by atoms with E-state index in [2.05, 4.69) is 164 Å². The molecular formula is C51H43NO. The summed E-state index contributed by atoms with van der Waals surface area (Å²) >= 11 is 0. The van der Waals surface area contributed by atoms with E-state index in [0.717, 1.165) is 28.4 Å².